The zero-order valence-electron chi connectivity index (χ0n) is 18.7. The van der Waals surface area contributed by atoms with Gasteiger partial charge in [-0.2, -0.15) is 0 Å². The third-order valence-electron chi connectivity index (χ3n) is 4.42. The number of anilines is 2. The van der Waals surface area contributed by atoms with Crippen LogP contribution in [-0.4, -0.2) is 30.9 Å². The molecule has 0 aliphatic heterocycles. The fraction of sp³-hybridized carbons (Fsp3) is 0.208. The number of sulfonamides is 1. The van der Waals surface area contributed by atoms with E-state index in [1.54, 1.807) is 26.0 Å². The molecule has 9 heteroatoms. The van der Waals surface area contributed by atoms with E-state index in [1.807, 2.05) is 31.2 Å². The minimum Gasteiger partial charge on any atom is -0.494 e. The molecule has 2 aromatic carbocycles. The average molecular weight is 467 g/mol. The second-order valence-corrected chi connectivity index (χ2v) is 9.03. The number of aromatic nitrogens is 2. The molecule has 0 bridgehead atoms. The van der Waals surface area contributed by atoms with E-state index in [4.69, 9.17) is 4.74 Å². The van der Waals surface area contributed by atoms with Crippen LogP contribution in [0, 0.1) is 13.8 Å². The van der Waals surface area contributed by atoms with Crippen LogP contribution in [0.15, 0.2) is 65.6 Å². The van der Waals surface area contributed by atoms with Gasteiger partial charge in [-0.05, 0) is 74.4 Å². The van der Waals surface area contributed by atoms with Gasteiger partial charge in [0.05, 0.1) is 11.5 Å². The van der Waals surface area contributed by atoms with Crippen molar-refractivity contribution in [3.63, 3.8) is 0 Å². The number of hydrogen-bond acceptors (Lipinski definition) is 6. The second kappa shape index (κ2) is 10.7. The van der Waals surface area contributed by atoms with Gasteiger partial charge in [0.2, 0.25) is 11.9 Å². The first kappa shape index (κ1) is 23.9. The average Bonchev–Trinajstić information content (AvgIpc) is 2.76. The highest BCUT2D eigenvalue weighted by Gasteiger charge is 2.16. The molecule has 3 rings (SSSR count). The smallest absolute Gasteiger partial charge is 0.264 e. The van der Waals surface area contributed by atoms with Gasteiger partial charge >= 0.3 is 0 Å². The lowest BCUT2D eigenvalue weighted by molar-refractivity contribution is -0.111. The van der Waals surface area contributed by atoms with Crippen molar-refractivity contribution in [3.05, 3.63) is 77.6 Å². The summed E-state index contributed by atoms with van der Waals surface area (Å²) in [5.74, 6) is 0.464. The minimum absolute atomic E-state index is 0.0139. The summed E-state index contributed by atoms with van der Waals surface area (Å²) >= 11 is 0. The van der Waals surface area contributed by atoms with E-state index in [0.717, 1.165) is 17.7 Å². The van der Waals surface area contributed by atoms with Crippen LogP contribution in [0.25, 0.3) is 6.08 Å². The molecule has 1 heterocycles. The minimum atomic E-state index is -3.86. The SMILES string of the molecule is CCCOc1ccc(/C=C/C(=O)Nc2ccc(S(=O)(=O)Nc3nc(C)cc(C)n3)cc2)cc1. The summed E-state index contributed by atoms with van der Waals surface area (Å²) in [4.78, 5) is 20.4. The van der Waals surface area contributed by atoms with E-state index in [1.165, 1.54) is 30.3 Å². The van der Waals surface area contributed by atoms with Crippen LogP contribution in [-0.2, 0) is 14.8 Å². The summed E-state index contributed by atoms with van der Waals surface area (Å²) in [5.41, 5.74) is 2.64. The highest BCUT2D eigenvalue weighted by Crippen LogP contribution is 2.18. The number of rotatable bonds is 9. The van der Waals surface area contributed by atoms with Gasteiger partial charge < -0.3 is 10.1 Å². The molecule has 0 spiro atoms. The molecular weight excluding hydrogens is 440 g/mol. The number of nitrogens with one attached hydrogen (secondary N) is 2. The van der Waals surface area contributed by atoms with Crippen LogP contribution in [0.4, 0.5) is 11.6 Å². The quantitative estimate of drug-likeness (QED) is 0.454. The number of ether oxygens (including phenoxy) is 1. The Morgan fingerprint density at radius 3 is 2.24 bits per heavy atom. The summed E-state index contributed by atoms with van der Waals surface area (Å²) in [6.45, 7) is 6.22. The zero-order valence-corrected chi connectivity index (χ0v) is 19.5. The molecule has 3 aromatic rings. The zero-order chi connectivity index (χ0) is 23.8. The first-order chi connectivity index (χ1) is 15.7. The highest BCUT2D eigenvalue weighted by atomic mass is 32.2. The normalized spacial score (nSPS) is 11.4. The van der Waals surface area contributed by atoms with Gasteiger partial charge in [0, 0.05) is 23.2 Å². The van der Waals surface area contributed by atoms with Crippen molar-refractivity contribution in [1.29, 1.82) is 0 Å². The van der Waals surface area contributed by atoms with Crippen molar-refractivity contribution >= 4 is 33.6 Å². The largest absolute Gasteiger partial charge is 0.494 e. The van der Waals surface area contributed by atoms with E-state index >= 15 is 0 Å². The number of nitrogens with zero attached hydrogens (tertiary/aromatic N) is 2. The van der Waals surface area contributed by atoms with Crippen molar-refractivity contribution in [2.45, 2.75) is 32.1 Å². The maximum absolute atomic E-state index is 12.6. The van der Waals surface area contributed by atoms with E-state index in [0.29, 0.717) is 23.7 Å². The Balaban J connectivity index is 1.60. The first-order valence-corrected chi connectivity index (χ1v) is 11.9. The van der Waals surface area contributed by atoms with Crippen molar-refractivity contribution in [2.75, 3.05) is 16.6 Å². The summed E-state index contributed by atoms with van der Waals surface area (Å²) in [5, 5.41) is 2.70. The molecule has 0 saturated carbocycles. The fourth-order valence-electron chi connectivity index (χ4n) is 2.92. The first-order valence-electron chi connectivity index (χ1n) is 10.4. The number of aryl methyl sites for hydroxylation is 2. The molecule has 0 radical (unpaired) electrons. The molecule has 2 N–H and O–H groups in total. The van der Waals surface area contributed by atoms with E-state index in [-0.39, 0.29) is 16.8 Å². The molecule has 1 amide bonds. The monoisotopic (exact) mass is 466 g/mol. The lowest BCUT2D eigenvalue weighted by Crippen LogP contribution is -2.16. The van der Waals surface area contributed by atoms with Crippen LogP contribution in [0.5, 0.6) is 5.75 Å². The standard InChI is InChI=1S/C24H26N4O4S/c1-4-15-32-21-10-5-19(6-11-21)7-14-23(29)27-20-8-12-22(13-9-20)33(30,31)28-24-25-17(2)16-18(3)26-24/h5-14,16H,4,15H2,1-3H3,(H,27,29)(H,25,26,28)/b14-7+. The number of carbonyl (C=O) groups excluding carboxylic acids is 1. The van der Waals surface area contributed by atoms with Crippen LogP contribution in [0.3, 0.4) is 0 Å². The molecule has 8 nitrogen and oxygen atoms in total. The Hall–Kier alpha value is -3.72. The van der Waals surface area contributed by atoms with Crippen molar-refractivity contribution in [2.24, 2.45) is 0 Å². The van der Waals surface area contributed by atoms with Crippen LogP contribution < -0.4 is 14.8 Å². The van der Waals surface area contributed by atoms with Crippen molar-refractivity contribution in [3.8, 4) is 5.75 Å². The summed E-state index contributed by atoms with van der Waals surface area (Å²) < 4.78 is 33.1. The van der Waals surface area contributed by atoms with Crippen molar-refractivity contribution < 1.29 is 17.9 Å². The van der Waals surface area contributed by atoms with Gasteiger partial charge in [-0.3, -0.25) is 4.79 Å². The molecule has 0 aliphatic carbocycles. The van der Waals surface area contributed by atoms with Crippen LogP contribution in [0.2, 0.25) is 0 Å². The predicted octanol–water partition coefficient (Wildman–Crippen LogP) is 4.33. The molecule has 1 aromatic heterocycles. The van der Waals surface area contributed by atoms with E-state index in [2.05, 4.69) is 20.0 Å². The van der Waals surface area contributed by atoms with Gasteiger partial charge in [0.1, 0.15) is 5.75 Å². The lowest BCUT2D eigenvalue weighted by atomic mass is 10.2. The number of benzene rings is 2. The highest BCUT2D eigenvalue weighted by molar-refractivity contribution is 7.92. The molecule has 0 aliphatic rings. The third kappa shape index (κ3) is 7.15. The Morgan fingerprint density at radius 2 is 1.64 bits per heavy atom. The topological polar surface area (TPSA) is 110 Å². The maximum atomic E-state index is 12.6. The van der Waals surface area contributed by atoms with E-state index < -0.39 is 10.0 Å². The summed E-state index contributed by atoms with van der Waals surface area (Å²) in [7, 11) is -3.86. The number of hydrogen-bond donors (Lipinski definition) is 2. The fourth-order valence-corrected chi connectivity index (χ4v) is 3.86. The summed E-state index contributed by atoms with van der Waals surface area (Å²) in [6, 6.07) is 15.0. The molecule has 0 unspecified atom stereocenters. The van der Waals surface area contributed by atoms with Gasteiger partial charge in [0.15, 0.2) is 0 Å². The van der Waals surface area contributed by atoms with Gasteiger partial charge in [-0.15, -0.1) is 0 Å². The van der Waals surface area contributed by atoms with Crippen LogP contribution in [0.1, 0.15) is 30.3 Å². The van der Waals surface area contributed by atoms with Gasteiger partial charge in [-0.1, -0.05) is 19.1 Å². The summed E-state index contributed by atoms with van der Waals surface area (Å²) in [6.07, 6.45) is 4.03. The predicted molar refractivity (Wildman–Crippen MR) is 129 cm³/mol. The second-order valence-electron chi connectivity index (χ2n) is 7.34. The Bertz CT molecular complexity index is 1220. The van der Waals surface area contributed by atoms with Crippen molar-refractivity contribution in [1.82, 2.24) is 9.97 Å². The molecular formula is C24H26N4O4S. The van der Waals surface area contributed by atoms with E-state index in [9.17, 15) is 13.2 Å². The molecule has 0 atom stereocenters. The number of carbonyl (C=O) groups is 1. The Labute approximate surface area is 193 Å². The maximum Gasteiger partial charge on any atom is 0.264 e. The molecule has 33 heavy (non-hydrogen) atoms. The number of amides is 1. The van der Waals surface area contributed by atoms with Gasteiger partial charge in [0.25, 0.3) is 10.0 Å². The third-order valence-corrected chi connectivity index (χ3v) is 5.76. The lowest BCUT2D eigenvalue weighted by Gasteiger charge is -2.09. The van der Waals surface area contributed by atoms with Crippen LogP contribution >= 0.6 is 0 Å². The molecule has 172 valence electrons. The Kier molecular flexibility index (Phi) is 7.78. The van der Waals surface area contributed by atoms with Gasteiger partial charge in [-0.25, -0.2) is 23.1 Å². The molecule has 0 saturated heterocycles. The Morgan fingerprint density at radius 1 is 1.00 bits per heavy atom. The molecule has 0 fully saturated rings.